The van der Waals surface area contributed by atoms with Gasteiger partial charge in [-0.3, -0.25) is 4.79 Å². The second-order valence-electron chi connectivity index (χ2n) is 6.23. The van der Waals surface area contributed by atoms with Gasteiger partial charge in [-0.25, -0.2) is 13.4 Å². The second kappa shape index (κ2) is 9.51. The van der Waals surface area contributed by atoms with Gasteiger partial charge in [0, 0.05) is 52.9 Å². The zero-order valence-corrected chi connectivity index (χ0v) is 16.5. The Kier molecular flexibility index (Phi) is 7.36. The number of sulfonamides is 1. The third kappa shape index (κ3) is 6.07. The van der Waals surface area contributed by atoms with Crippen LogP contribution in [-0.4, -0.2) is 92.9 Å². The molecule has 2 rings (SSSR count). The van der Waals surface area contributed by atoms with E-state index < -0.39 is 10.0 Å². The van der Waals surface area contributed by atoms with Crippen molar-refractivity contribution in [2.45, 2.75) is 5.75 Å². The highest BCUT2D eigenvalue weighted by Gasteiger charge is 2.29. The number of aromatic nitrogens is 1. The van der Waals surface area contributed by atoms with E-state index >= 15 is 0 Å². The molecule has 1 aliphatic heterocycles. The second-order valence-corrected chi connectivity index (χ2v) is 8.20. The molecule has 0 atom stereocenters. The predicted octanol–water partition coefficient (Wildman–Crippen LogP) is -0.658. The average Bonchev–Trinajstić information content (AvgIpc) is 3.14. The van der Waals surface area contributed by atoms with Gasteiger partial charge in [-0.1, -0.05) is 11.2 Å². The van der Waals surface area contributed by atoms with Crippen molar-refractivity contribution in [3.05, 3.63) is 30.7 Å². The lowest BCUT2D eigenvalue weighted by Crippen LogP contribution is -2.54. The van der Waals surface area contributed by atoms with Gasteiger partial charge in [0.05, 0.1) is 5.69 Å². The van der Waals surface area contributed by atoms with Gasteiger partial charge in [0.25, 0.3) is 0 Å². The standard InChI is InChI=1S/C16H26N6O4S/c1-4-6-17-16(18-12-15(23)20(2)3)21-7-9-22(10-8-21)27(24,25)13-14-5-11-26-19-14/h4-5,11H,1,6-10,12-13H2,2-3H3,(H,17,18). The summed E-state index contributed by atoms with van der Waals surface area (Å²) in [4.78, 5) is 19.6. The van der Waals surface area contributed by atoms with Crippen molar-refractivity contribution in [3.63, 3.8) is 0 Å². The molecule has 2 heterocycles. The highest BCUT2D eigenvalue weighted by molar-refractivity contribution is 7.88. The van der Waals surface area contributed by atoms with Crippen LogP contribution >= 0.6 is 0 Å². The van der Waals surface area contributed by atoms with Crippen molar-refractivity contribution in [2.24, 2.45) is 4.99 Å². The fourth-order valence-electron chi connectivity index (χ4n) is 2.48. The molecule has 1 aromatic heterocycles. The van der Waals surface area contributed by atoms with Crippen molar-refractivity contribution < 1.29 is 17.7 Å². The number of nitrogens with one attached hydrogen (secondary N) is 1. The monoisotopic (exact) mass is 398 g/mol. The normalized spacial score (nSPS) is 16.2. The average molecular weight is 398 g/mol. The summed E-state index contributed by atoms with van der Waals surface area (Å²) in [7, 11) is -0.115. The van der Waals surface area contributed by atoms with Gasteiger partial charge in [-0.05, 0) is 0 Å². The summed E-state index contributed by atoms with van der Waals surface area (Å²) in [6.07, 6.45) is 3.05. The van der Waals surface area contributed by atoms with E-state index in [-0.39, 0.29) is 18.2 Å². The Bertz CT molecular complexity index is 752. The molecular weight excluding hydrogens is 372 g/mol. The van der Waals surface area contributed by atoms with Gasteiger partial charge < -0.3 is 19.6 Å². The van der Waals surface area contributed by atoms with E-state index in [1.54, 1.807) is 26.2 Å². The van der Waals surface area contributed by atoms with E-state index in [4.69, 9.17) is 4.52 Å². The van der Waals surface area contributed by atoms with Crippen molar-refractivity contribution in [2.75, 3.05) is 53.4 Å². The Morgan fingerprint density at radius 2 is 2.11 bits per heavy atom. The SMILES string of the molecule is C=CCNC(=NCC(=O)N(C)C)N1CCN(S(=O)(=O)Cc2ccon2)CC1. The number of hydrogen-bond donors (Lipinski definition) is 1. The van der Waals surface area contributed by atoms with Crippen LogP contribution in [-0.2, 0) is 20.6 Å². The number of aliphatic imine (C=N–C) groups is 1. The molecule has 1 fully saturated rings. The number of guanidine groups is 1. The quantitative estimate of drug-likeness (QED) is 0.369. The van der Waals surface area contributed by atoms with Gasteiger partial charge in [0.2, 0.25) is 15.9 Å². The van der Waals surface area contributed by atoms with E-state index in [0.29, 0.717) is 44.4 Å². The number of carbonyl (C=O) groups excluding carboxylic acids is 1. The van der Waals surface area contributed by atoms with Crippen molar-refractivity contribution in [3.8, 4) is 0 Å². The molecule has 0 spiro atoms. The molecule has 1 aliphatic rings. The van der Waals surface area contributed by atoms with Crippen LogP contribution in [0.3, 0.4) is 0 Å². The van der Waals surface area contributed by atoms with Gasteiger partial charge in [-0.2, -0.15) is 4.31 Å². The zero-order chi connectivity index (χ0) is 19.9. The minimum atomic E-state index is -3.46. The van der Waals surface area contributed by atoms with E-state index in [0.717, 1.165) is 0 Å². The number of rotatable bonds is 7. The van der Waals surface area contributed by atoms with Gasteiger partial charge in [-0.15, -0.1) is 6.58 Å². The smallest absolute Gasteiger partial charge is 0.243 e. The molecule has 10 nitrogen and oxygen atoms in total. The van der Waals surface area contributed by atoms with Crippen molar-refractivity contribution in [1.82, 2.24) is 24.6 Å². The summed E-state index contributed by atoms with van der Waals surface area (Å²) in [5, 5.41) is 6.78. The molecule has 11 heteroatoms. The Hall–Kier alpha value is -2.40. The largest absolute Gasteiger partial charge is 0.364 e. The summed E-state index contributed by atoms with van der Waals surface area (Å²) in [6, 6.07) is 1.54. The predicted molar refractivity (Wildman–Crippen MR) is 101 cm³/mol. The molecule has 0 radical (unpaired) electrons. The van der Waals surface area contributed by atoms with Crippen LogP contribution in [0.1, 0.15) is 5.69 Å². The van der Waals surface area contributed by atoms with Crippen LogP contribution in [0.5, 0.6) is 0 Å². The number of hydrogen-bond acceptors (Lipinski definition) is 6. The molecule has 150 valence electrons. The van der Waals surface area contributed by atoms with E-state index in [1.165, 1.54) is 15.5 Å². The Morgan fingerprint density at radius 3 is 2.67 bits per heavy atom. The van der Waals surface area contributed by atoms with Crippen molar-refractivity contribution >= 4 is 21.9 Å². The van der Waals surface area contributed by atoms with E-state index in [2.05, 4.69) is 22.0 Å². The molecule has 1 aromatic rings. The number of likely N-dealkylation sites (N-methyl/N-ethyl adjacent to an activating group) is 1. The maximum atomic E-state index is 12.5. The Morgan fingerprint density at radius 1 is 1.41 bits per heavy atom. The number of carbonyl (C=O) groups is 1. The van der Waals surface area contributed by atoms with Crippen LogP contribution in [0.4, 0.5) is 0 Å². The Labute approximate surface area is 159 Å². The fraction of sp³-hybridized carbons (Fsp3) is 0.562. The number of piperazine rings is 1. The maximum Gasteiger partial charge on any atom is 0.243 e. The van der Waals surface area contributed by atoms with E-state index in [9.17, 15) is 13.2 Å². The third-order valence-corrected chi connectivity index (χ3v) is 5.83. The molecule has 0 saturated carbocycles. The lowest BCUT2D eigenvalue weighted by Gasteiger charge is -2.35. The molecule has 0 bridgehead atoms. The van der Waals surface area contributed by atoms with Gasteiger partial charge in [0.15, 0.2) is 5.96 Å². The molecule has 1 saturated heterocycles. The van der Waals surface area contributed by atoms with Crippen molar-refractivity contribution in [1.29, 1.82) is 0 Å². The first-order chi connectivity index (χ1) is 12.8. The molecule has 0 aromatic carbocycles. The van der Waals surface area contributed by atoms with Gasteiger partial charge in [0.1, 0.15) is 18.6 Å². The zero-order valence-electron chi connectivity index (χ0n) is 15.7. The lowest BCUT2D eigenvalue weighted by atomic mass is 10.4. The first-order valence-electron chi connectivity index (χ1n) is 8.55. The molecule has 1 N–H and O–H groups in total. The maximum absolute atomic E-state index is 12.5. The van der Waals surface area contributed by atoms with Crippen LogP contribution < -0.4 is 5.32 Å². The van der Waals surface area contributed by atoms with Crippen LogP contribution in [0.25, 0.3) is 0 Å². The molecule has 27 heavy (non-hydrogen) atoms. The molecule has 1 amide bonds. The minimum Gasteiger partial charge on any atom is -0.364 e. The first-order valence-corrected chi connectivity index (χ1v) is 10.2. The van der Waals surface area contributed by atoms with Gasteiger partial charge >= 0.3 is 0 Å². The van der Waals surface area contributed by atoms with Crippen LogP contribution in [0.15, 0.2) is 34.5 Å². The fourth-order valence-corrected chi connectivity index (χ4v) is 3.91. The summed E-state index contributed by atoms with van der Waals surface area (Å²) >= 11 is 0. The minimum absolute atomic E-state index is 0.0249. The topological polar surface area (TPSA) is 111 Å². The van der Waals surface area contributed by atoms with Crippen LogP contribution in [0, 0.1) is 0 Å². The summed E-state index contributed by atoms with van der Waals surface area (Å²) in [6.45, 7) is 5.79. The Balaban J connectivity index is 1.98. The first kappa shape index (κ1) is 20.9. The molecular formula is C16H26N6O4S. The highest BCUT2D eigenvalue weighted by atomic mass is 32.2. The number of amides is 1. The lowest BCUT2D eigenvalue weighted by molar-refractivity contribution is -0.127. The van der Waals surface area contributed by atoms with Crippen LogP contribution in [0.2, 0.25) is 0 Å². The summed E-state index contributed by atoms with van der Waals surface area (Å²) in [5.41, 5.74) is 0.384. The molecule has 0 unspecified atom stereocenters. The molecule has 0 aliphatic carbocycles. The van der Waals surface area contributed by atoms with E-state index in [1.807, 2.05) is 4.90 Å². The summed E-state index contributed by atoms with van der Waals surface area (Å²) < 4.78 is 31.1. The highest BCUT2D eigenvalue weighted by Crippen LogP contribution is 2.13. The summed E-state index contributed by atoms with van der Waals surface area (Å²) in [5.74, 6) is 0.275. The number of nitrogens with zero attached hydrogens (tertiary/aromatic N) is 5. The third-order valence-electron chi connectivity index (χ3n) is 4.02.